The number of nitrogens with zero attached hydrogens (tertiary/aromatic N) is 3. The molecule has 7 atom stereocenters. The van der Waals surface area contributed by atoms with E-state index in [-0.39, 0.29) is 98.3 Å². The van der Waals surface area contributed by atoms with Crippen molar-refractivity contribution in [2.45, 2.75) is 102 Å². The maximum Gasteiger partial charge on any atom is 0.416 e. The predicted molar refractivity (Wildman–Crippen MR) is 279 cm³/mol. The van der Waals surface area contributed by atoms with Crippen LogP contribution in [-0.2, 0) is 35.2 Å². The minimum absolute atomic E-state index is 0.0320. The molecule has 0 bridgehead atoms. The fraction of sp³-hybridized carbons (Fsp3) is 0.491. The summed E-state index contributed by atoms with van der Waals surface area (Å²) in [5, 5.41) is 31.3. The fourth-order valence-corrected chi connectivity index (χ4v) is 9.75. The molecule has 0 aliphatic carbocycles. The van der Waals surface area contributed by atoms with Gasteiger partial charge in [-0.15, -0.1) is 0 Å². The van der Waals surface area contributed by atoms with Crippen LogP contribution in [0.3, 0.4) is 0 Å². The molecule has 0 aromatic heterocycles. The van der Waals surface area contributed by atoms with E-state index in [1.807, 2.05) is 6.92 Å². The second-order valence-corrected chi connectivity index (χ2v) is 19.7. The van der Waals surface area contributed by atoms with Crippen LogP contribution in [0.2, 0.25) is 0 Å². The number of aliphatic hydroxyl groups is 2. The van der Waals surface area contributed by atoms with E-state index in [1.165, 1.54) is 38.2 Å². The lowest BCUT2D eigenvalue weighted by atomic mass is 9.88. The zero-order valence-corrected chi connectivity index (χ0v) is 44.2. The molecule has 410 valence electrons. The molecular weight excluding hydrogens is 985 g/mol. The number of benzene rings is 3. The quantitative estimate of drug-likeness (QED) is 0.0677. The summed E-state index contributed by atoms with van der Waals surface area (Å²) in [5.41, 5.74) is 3.69. The third-order valence-electron chi connectivity index (χ3n) is 14.0. The Balaban J connectivity index is 0.981. The monoisotopic (exact) mass is 1050 g/mol. The Morgan fingerprint density at radius 1 is 0.737 bits per heavy atom. The number of rotatable bonds is 22. The van der Waals surface area contributed by atoms with Gasteiger partial charge < -0.3 is 69.1 Å². The smallest absolute Gasteiger partial charge is 0.416 e. The van der Waals surface area contributed by atoms with Crippen LogP contribution in [0.1, 0.15) is 91.1 Å². The van der Waals surface area contributed by atoms with Gasteiger partial charge in [-0.25, -0.2) is 9.69 Å². The Morgan fingerprint density at radius 3 is 1.97 bits per heavy atom. The van der Waals surface area contributed by atoms with Gasteiger partial charge in [-0.1, -0.05) is 57.2 Å². The van der Waals surface area contributed by atoms with E-state index < -0.39 is 54.3 Å². The van der Waals surface area contributed by atoms with E-state index in [0.29, 0.717) is 72.1 Å². The number of amides is 6. The van der Waals surface area contributed by atoms with E-state index in [0.717, 1.165) is 10.5 Å². The molecule has 2 fully saturated rings. The van der Waals surface area contributed by atoms with Gasteiger partial charge in [0.05, 0.1) is 76.7 Å². The molecular formula is C55H70N6O15. The van der Waals surface area contributed by atoms with Crippen molar-refractivity contribution in [1.82, 2.24) is 20.4 Å². The largest absolute Gasteiger partial charge is 0.493 e. The summed E-state index contributed by atoms with van der Waals surface area (Å²) in [6.45, 7) is 16.5. The number of fused-ring (bicyclic) bond motifs is 4. The maximum atomic E-state index is 14.2. The van der Waals surface area contributed by atoms with Crippen molar-refractivity contribution >= 4 is 47.0 Å². The van der Waals surface area contributed by atoms with Crippen molar-refractivity contribution in [1.29, 1.82) is 0 Å². The van der Waals surface area contributed by atoms with E-state index in [4.69, 9.17) is 33.2 Å². The highest BCUT2D eigenvalue weighted by atomic mass is 16.6. The summed E-state index contributed by atoms with van der Waals surface area (Å²) in [4.78, 5) is 85.0. The number of nitrogens with one attached hydrogen (secondary N) is 3. The number of anilines is 2. The van der Waals surface area contributed by atoms with Gasteiger partial charge in [-0.2, -0.15) is 0 Å². The van der Waals surface area contributed by atoms with Crippen LogP contribution in [0, 0.1) is 5.92 Å². The van der Waals surface area contributed by atoms with Crippen LogP contribution < -0.4 is 39.8 Å². The minimum atomic E-state index is -1.55. The van der Waals surface area contributed by atoms with E-state index in [1.54, 1.807) is 62.3 Å². The third-order valence-corrected chi connectivity index (χ3v) is 14.0. The summed E-state index contributed by atoms with van der Waals surface area (Å²) in [5.74, 6) is -1.60. The molecule has 2 saturated heterocycles. The van der Waals surface area contributed by atoms with Gasteiger partial charge in [0.2, 0.25) is 17.7 Å². The van der Waals surface area contributed by atoms with Crippen LogP contribution >= 0.6 is 0 Å². The highest BCUT2D eigenvalue weighted by Gasteiger charge is 2.47. The third kappa shape index (κ3) is 12.7. The number of aliphatic hydroxyl groups excluding tert-OH is 2. The molecule has 3 aromatic carbocycles. The molecule has 0 saturated carbocycles. The van der Waals surface area contributed by atoms with Gasteiger partial charge in [0.25, 0.3) is 11.8 Å². The summed E-state index contributed by atoms with van der Waals surface area (Å²) >= 11 is 0. The molecule has 7 rings (SSSR count). The molecule has 4 heterocycles. The number of ether oxygens (including phenoxy) is 7. The number of hydrogen-bond acceptors (Lipinski definition) is 15. The maximum absolute atomic E-state index is 14.2. The molecule has 4 aliphatic heterocycles. The van der Waals surface area contributed by atoms with Gasteiger partial charge in [0.1, 0.15) is 18.7 Å². The standard InChI is InChI=1S/C55H70N6O15/c1-30(2)48(58-47(62)15-18-73-20-19-70-7)51(65)56-34(6)50(64)57-36-13-11-35(12-14-36)29-76-55(69)61-40-26-46(44(72-9)25-39(40)53(67)60-28-32(4)22-42(60)54(61)68)75-17-10-16-74-45-23-37-33(5)49(63)41-21-31(3)27-59(41)52(66)38(37)24-43(45)71-8/h11-14,23-26,30,33-34,41-42,48-49,54,63,68H,3-4,10,15-22,27-29H2,1-2,5-9H3,(H,56,65)(H,57,64)(H,58,62)/t33?,34-,41-,42?,48-,49?,54?/m0/s1. The van der Waals surface area contributed by atoms with Gasteiger partial charge in [0, 0.05) is 56.3 Å². The Bertz CT molecular complexity index is 2680. The first-order valence-electron chi connectivity index (χ1n) is 25.4. The van der Waals surface area contributed by atoms with E-state index in [9.17, 15) is 39.0 Å². The lowest BCUT2D eigenvalue weighted by molar-refractivity contribution is -0.132. The van der Waals surface area contributed by atoms with Crippen LogP contribution in [0.15, 0.2) is 72.8 Å². The van der Waals surface area contributed by atoms with Crippen molar-refractivity contribution in [3.8, 4) is 23.0 Å². The Morgan fingerprint density at radius 2 is 1.34 bits per heavy atom. The number of hydrogen-bond donors (Lipinski definition) is 5. The first-order chi connectivity index (χ1) is 36.3. The lowest BCUT2D eigenvalue weighted by Gasteiger charge is -2.31. The van der Waals surface area contributed by atoms with Crippen molar-refractivity contribution in [2.24, 2.45) is 5.92 Å². The molecule has 4 unspecified atom stereocenters. The van der Waals surface area contributed by atoms with Crippen LogP contribution in [0.5, 0.6) is 23.0 Å². The molecule has 0 spiro atoms. The van der Waals surface area contributed by atoms with Crippen LogP contribution in [0.4, 0.5) is 16.2 Å². The van der Waals surface area contributed by atoms with Crippen molar-refractivity contribution in [3.63, 3.8) is 0 Å². The average Bonchev–Trinajstić information content (AvgIpc) is 4.00. The molecule has 5 N–H and O–H groups in total. The van der Waals surface area contributed by atoms with Crippen LogP contribution in [0.25, 0.3) is 0 Å². The molecule has 21 nitrogen and oxygen atoms in total. The SMILES string of the molecule is C=C1CC2C(O)N(C(=O)OCc3ccc(NC(=O)[C@H](C)NC(=O)[C@@H](NC(=O)CCOCCOC)C(C)C)cc3)c3cc(OCCCOc4cc5c(cc4OC)C(=O)N4CC(=C)C[C@H]4C(O)C5C)c(OC)cc3C(=O)N2C1. The van der Waals surface area contributed by atoms with E-state index in [2.05, 4.69) is 29.1 Å². The van der Waals surface area contributed by atoms with Gasteiger partial charge in [-0.3, -0.25) is 24.0 Å². The Labute approximate surface area is 442 Å². The minimum Gasteiger partial charge on any atom is -0.493 e. The zero-order valence-electron chi connectivity index (χ0n) is 44.2. The number of carbonyl (C=O) groups is 6. The zero-order chi connectivity index (χ0) is 55.0. The molecule has 76 heavy (non-hydrogen) atoms. The highest BCUT2D eigenvalue weighted by molar-refractivity contribution is 6.06. The summed E-state index contributed by atoms with van der Waals surface area (Å²) in [6.07, 6.45) is -2.15. The first kappa shape index (κ1) is 56.5. The lowest BCUT2D eigenvalue weighted by Crippen LogP contribution is -2.53. The molecule has 0 radical (unpaired) electrons. The Kier molecular flexibility index (Phi) is 18.7. The molecule has 4 aliphatic rings. The molecule has 3 aromatic rings. The van der Waals surface area contributed by atoms with Gasteiger partial charge in [-0.05, 0) is 67.1 Å². The van der Waals surface area contributed by atoms with Gasteiger partial charge >= 0.3 is 6.09 Å². The second-order valence-electron chi connectivity index (χ2n) is 19.7. The number of methoxy groups -OCH3 is 3. The highest BCUT2D eigenvalue weighted by Crippen LogP contribution is 2.44. The molecule has 21 heteroatoms. The summed E-state index contributed by atoms with van der Waals surface area (Å²) in [7, 11) is 4.45. The van der Waals surface area contributed by atoms with Crippen molar-refractivity contribution in [2.75, 3.05) is 77.7 Å². The average molecular weight is 1060 g/mol. The summed E-state index contributed by atoms with van der Waals surface area (Å²) in [6, 6.07) is 9.69. The topological polar surface area (TPSA) is 253 Å². The van der Waals surface area contributed by atoms with Gasteiger partial charge in [0.15, 0.2) is 29.2 Å². The van der Waals surface area contributed by atoms with Crippen LogP contribution in [-0.4, -0.2) is 160 Å². The fourth-order valence-electron chi connectivity index (χ4n) is 9.75. The van der Waals surface area contributed by atoms with Crippen molar-refractivity contribution in [3.05, 3.63) is 95.1 Å². The summed E-state index contributed by atoms with van der Waals surface area (Å²) < 4.78 is 39.8. The van der Waals surface area contributed by atoms with E-state index >= 15 is 0 Å². The second kappa shape index (κ2) is 25.1. The predicted octanol–water partition coefficient (Wildman–Crippen LogP) is 4.68. The van der Waals surface area contributed by atoms with Crippen molar-refractivity contribution < 1.29 is 72.1 Å². The first-order valence-corrected chi connectivity index (χ1v) is 25.4. The normalized spacial score (nSPS) is 20.6. The Hall–Kier alpha value is -7.20. The number of carbonyl (C=O) groups excluding carboxylic acids is 6. The molecule has 6 amide bonds.